The van der Waals surface area contributed by atoms with Crippen LogP contribution in [0.15, 0.2) is 48.8 Å². The van der Waals surface area contributed by atoms with Gasteiger partial charge in [0.05, 0.1) is 5.75 Å². The van der Waals surface area contributed by atoms with Crippen LogP contribution in [0.4, 0.5) is 5.69 Å². The highest BCUT2D eigenvalue weighted by molar-refractivity contribution is 8.00. The van der Waals surface area contributed by atoms with Crippen molar-refractivity contribution < 1.29 is 4.79 Å². The van der Waals surface area contributed by atoms with Crippen molar-refractivity contribution in [3.63, 3.8) is 0 Å². The quantitative estimate of drug-likeness (QED) is 0.848. The van der Waals surface area contributed by atoms with Gasteiger partial charge in [0, 0.05) is 28.7 Å². The topological polar surface area (TPSA) is 33.2 Å². The highest BCUT2D eigenvalue weighted by atomic mass is 35.5. The Balaban J connectivity index is 2.00. The minimum absolute atomic E-state index is 0.0281. The summed E-state index contributed by atoms with van der Waals surface area (Å²) >= 11 is 7.61. The second-order valence-electron chi connectivity index (χ2n) is 4.19. The van der Waals surface area contributed by atoms with E-state index >= 15 is 0 Å². The first-order valence-electron chi connectivity index (χ1n) is 5.85. The van der Waals surface area contributed by atoms with Crippen LogP contribution < -0.4 is 4.90 Å². The molecule has 0 N–H and O–H groups in total. The zero-order valence-electron chi connectivity index (χ0n) is 9.99. The number of amides is 1. The molecule has 0 radical (unpaired) electrons. The normalized spacial score (nSPS) is 18.9. The predicted molar refractivity (Wildman–Crippen MR) is 78.4 cm³/mol. The molecular formula is C14H11ClN2OS. The van der Waals surface area contributed by atoms with Gasteiger partial charge in [0.1, 0.15) is 5.37 Å². The molecule has 0 unspecified atom stereocenters. The molecule has 0 bridgehead atoms. The van der Waals surface area contributed by atoms with Gasteiger partial charge in [-0.1, -0.05) is 23.7 Å². The van der Waals surface area contributed by atoms with Crippen molar-refractivity contribution in [2.45, 2.75) is 5.37 Å². The molecule has 0 aliphatic carbocycles. The van der Waals surface area contributed by atoms with E-state index in [4.69, 9.17) is 11.6 Å². The lowest BCUT2D eigenvalue weighted by Gasteiger charge is -2.24. The van der Waals surface area contributed by atoms with Gasteiger partial charge >= 0.3 is 0 Å². The zero-order chi connectivity index (χ0) is 13.2. The zero-order valence-corrected chi connectivity index (χ0v) is 11.6. The van der Waals surface area contributed by atoms with Crippen molar-refractivity contribution in [3.05, 3.63) is 59.4 Å². The van der Waals surface area contributed by atoms with Crippen LogP contribution in [0.5, 0.6) is 0 Å². The van der Waals surface area contributed by atoms with E-state index in [-0.39, 0.29) is 11.3 Å². The summed E-state index contributed by atoms with van der Waals surface area (Å²) in [6.07, 6.45) is 3.53. The fourth-order valence-corrected chi connectivity index (χ4v) is 3.44. The molecule has 1 saturated heterocycles. The molecule has 96 valence electrons. The van der Waals surface area contributed by atoms with Crippen LogP contribution in [0.2, 0.25) is 5.02 Å². The van der Waals surface area contributed by atoms with Crippen molar-refractivity contribution in [1.82, 2.24) is 4.98 Å². The van der Waals surface area contributed by atoms with Crippen LogP contribution in [0.1, 0.15) is 10.9 Å². The number of aromatic nitrogens is 1. The first kappa shape index (κ1) is 12.5. The minimum atomic E-state index is -0.0281. The Bertz CT molecular complexity index is 605. The number of benzene rings is 1. The SMILES string of the molecule is O=C1CS[C@@H](c2cccnc2)N1c1cccc(Cl)c1. The molecule has 1 atom stereocenters. The van der Waals surface area contributed by atoms with Gasteiger partial charge in [-0.3, -0.25) is 14.7 Å². The molecule has 0 saturated carbocycles. The minimum Gasteiger partial charge on any atom is -0.295 e. The van der Waals surface area contributed by atoms with E-state index in [1.165, 1.54) is 0 Å². The monoisotopic (exact) mass is 290 g/mol. The van der Waals surface area contributed by atoms with Gasteiger partial charge in [0.15, 0.2) is 0 Å². The summed E-state index contributed by atoms with van der Waals surface area (Å²) < 4.78 is 0. The highest BCUT2D eigenvalue weighted by Gasteiger charge is 2.34. The Morgan fingerprint density at radius 2 is 2.21 bits per heavy atom. The second kappa shape index (κ2) is 5.23. The largest absolute Gasteiger partial charge is 0.295 e. The van der Waals surface area contributed by atoms with Crippen molar-refractivity contribution in [3.8, 4) is 0 Å². The number of carbonyl (C=O) groups excluding carboxylic acids is 1. The molecule has 2 heterocycles. The lowest BCUT2D eigenvalue weighted by Crippen LogP contribution is -2.27. The van der Waals surface area contributed by atoms with Gasteiger partial charge in [-0.15, -0.1) is 11.8 Å². The average Bonchev–Trinajstić information content (AvgIpc) is 2.82. The lowest BCUT2D eigenvalue weighted by atomic mass is 10.2. The predicted octanol–water partition coefficient (Wildman–Crippen LogP) is 3.51. The fourth-order valence-electron chi connectivity index (χ4n) is 2.10. The van der Waals surface area contributed by atoms with Gasteiger partial charge in [-0.2, -0.15) is 0 Å². The van der Waals surface area contributed by atoms with E-state index in [9.17, 15) is 4.79 Å². The van der Waals surface area contributed by atoms with Crippen LogP contribution in [-0.4, -0.2) is 16.6 Å². The molecular weight excluding hydrogens is 280 g/mol. The van der Waals surface area contributed by atoms with Crippen molar-refractivity contribution in [1.29, 1.82) is 0 Å². The molecule has 5 heteroatoms. The maximum Gasteiger partial charge on any atom is 0.238 e. The third-order valence-electron chi connectivity index (χ3n) is 2.92. The first-order chi connectivity index (χ1) is 9.25. The number of rotatable bonds is 2. The summed E-state index contributed by atoms with van der Waals surface area (Å²) in [5.74, 6) is 0.577. The Kier molecular flexibility index (Phi) is 3.44. The highest BCUT2D eigenvalue weighted by Crippen LogP contribution is 2.41. The van der Waals surface area contributed by atoms with E-state index in [1.807, 2.05) is 30.3 Å². The number of pyridine rings is 1. The number of thioether (sulfide) groups is 1. The Hall–Kier alpha value is -1.52. The third-order valence-corrected chi connectivity index (χ3v) is 4.37. The molecule has 1 aliphatic rings. The van der Waals surface area contributed by atoms with Gasteiger partial charge in [-0.25, -0.2) is 0 Å². The van der Waals surface area contributed by atoms with Crippen LogP contribution in [0.3, 0.4) is 0 Å². The molecule has 2 aromatic rings. The van der Waals surface area contributed by atoms with Gasteiger partial charge < -0.3 is 0 Å². The van der Waals surface area contributed by atoms with Gasteiger partial charge in [0.25, 0.3) is 0 Å². The van der Waals surface area contributed by atoms with E-state index in [0.29, 0.717) is 10.8 Å². The van der Waals surface area contributed by atoms with Crippen LogP contribution in [0, 0.1) is 0 Å². The molecule has 1 amide bonds. The Labute approximate surface area is 120 Å². The van der Waals surface area contributed by atoms with Crippen molar-refractivity contribution >= 4 is 35.0 Å². The van der Waals surface area contributed by atoms with Crippen LogP contribution in [-0.2, 0) is 4.79 Å². The fraction of sp³-hybridized carbons (Fsp3) is 0.143. The molecule has 3 nitrogen and oxygen atoms in total. The summed E-state index contributed by atoms with van der Waals surface area (Å²) in [6.45, 7) is 0. The summed E-state index contributed by atoms with van der Waals surface area (Å²) in [7, 11) is 0. The Morgan fingerprint density at radius 1 is 1.32 bits per heavy atom. The molecule has 1 fully saturated rings. The van der Waals surface area contributed by atoms with E-state index in [0.717, 1.165) is 11.3 Å². The first-order valence-corrected chi connectivity index (χ1v) is 7.27. The van der Waals surface area contributed by atoms with Crippen LogP contribution >= 0.6 is 23.4 Å². The third kappa shape index (κ3) is 2.46. The van der Waals surface area contributed by atoms with Crippen molar-refractivity contribution in [2.75, 3.05) is 10.7 Å². The molecule has 19 heavy (non-hydrogen) atoms. The summed E-state index contributed by atoms with van der Waals surface area (Å²) in [4.78, 5) is 18.0. The summed E-state index contributed by atoms with van der Waals surface area (Å²) in [6, 6.07) is 11.2. The van der Waals surface area contributed by atoms with Crippen LogP contribution in [0.25, 0.3) is 0 Å². The number of halogens is 1. The molecule has 3 rings (SSSR count). The molecule has 0 spiro atoms. The summed E-state index contributed by atoms with van der Waals surface area (Å²) in [5.41, 5.74) is 1.86. The van der Waals surface area contributed by atoms with Gasteiger partial charge in [-0.05, 0) is 24.3 Å². The number of hydrogen-bond acceptors (Lipinski definition) is 3. The number of hydrogen-bond donors (Lipinski definition) is 0. The maximum atomic E-state index is 12.1. The second-order valence-corrected chi connectivity index (χ2v) is 5.70. The maximum absolute atomic E-state index is 12.1. The lowest BCUT2D eigenvalue weighted by molar-refractivity contribution is -0.115. The molecule has 1 aromatic heterocycles. The van der Waals surface area contributed by atoms with E-state index in [2.05, 4.69) is 4.98 Å². The number of carbonyl (C=O) groups is 1. The number of anilines is 1. The van der Waals surface area contributed by atoms with E-state index < -0.39 is 0 Å². The smallest absolute Gasteiger partial charge is 0.238 e. The standard InChI is InChI=1S/C14H11ClN2OS/c15-11-4-1-5-12(7-11)17-13(18)9-19-14(17)10-3-2-6-16-8-10/h1-8,14H,9H2/t14-/m0/s1. The molecule has 1 aromatic carbocycles. The van der Waals surface area contributed by atoms with Crippen molar-refractivity contribution in [2.24, 2.45) is 0 Å². The summed E-state index contributed by atoms with van der Waals surface area (Å²) in [5, 5.41) is 0.604. The van der Waals surface area contributed by atoms with Gasteiger partial charge in [0.2, 0.25) is 5.91 Å². The Morgan fingerprint density at radius 3 is 2.95 bits per heavy atom. The molecule has 1 aliphatic heterocycles. The average molecular weight is 291 g/mol. The van der Waals surface area contributed by atoms with E-state index in [1.54, 1.807) is 35.1 Å². The number of nitrogens with zero attached hydrogens (tertiary/aromatic N) is 2.